The van der Waals surface area contributed by atoms with E-state index < -0.39 is 0 Å². The number of rotatable bonds is 5. The molecule has 1 aromatic heterocycles. The zero-order chi connectivity index (χ0) is 13.0. The number of carbonyl (C=O) groups excluding carboxylic acids is 1. The van der Waals surface area contributed by atoms with Gasteiger partial charge in [-0.1, -0.05) is 19.3 Å². The lowest BCUT2D eigenvalue weighted by molar-refractivity contribution is 0.0949. The molecule has 18 heavy (non-hydrogen) atoms. The zero-order valence-electron chi connectivity index (χ0n) is 10.1. The van der Waals surface area contributed by atoms with Crippen LogP contribution in [0.3, 0.4) is 0 Å². The fraction of sp³-hybridized carbons (Fsp3) is 0.500. The third-order valence-corrected chi connectivity index (χ3v) is 3.73. The molecule has 1 aliphatic carbocycles. The predicted molar refractivity (Wildman–Crippen MR) is 74.0 cm³/mol. The molecule has 0 atom stereocenters. The Morgan fingerprint density at radius 2 is 2.33 bits per heavy atom. The molecule has 6 heteroatoms. The predicted octanol–water partition coefficient (Wildman–Crippen LogP) is 2.05. The van der Waals surface area contributed by atoms with E-state index in [1.54, 1.807) is 12.3 Å². The topological polar surface area (TPSA) is 80.0 Å². The molecule has 5 nitrogen and oxygen atoms in total. The minimum atomic E-state index is -0.143. The standard InChI is InChI=1S/C12H17BrN4O/c13-9-6-10(11(17-14)16-7-9)12(18)15-5-4-8-2-1-3-8/h6-8H,1-5,14H2,(H,15,18)(H,16,17). The maximum Gasteiger partial charge on any atom is 0.255 e. The highest BCUT2D eigenvalue weighted by Gasteiger charge is 2.18. The van der Waals surface area contributed by atoms with Gasteiger partial charge in [0.25, 0.3) is 5.91 Å². The lowest BCUT2D eigenvalue weighted by Gasteiger charge is -2.25. The van der Waals surface area contributed by atoms with Gasteiger partial charge in [-0.25, -0.2) is 10.8 Å². The fourth-order valence-electron chi connectivity index (χ4n) is 1.99. The van der Waals surface area contributed by atoms with E-state index in [4.69, 9.17) is 5.84 Å². The molecule has 1 aliphatic rings. The van der Waals surface area contributed by atoms with E-state index in [0.29, 0.717) is 17.9 Å². The molecule has 98 valence electrons. The van der Waals surface area contributed by atoms with Crippen molar-refractivity contribution in [1.29, 1.82) is 0 Å². The Labute approximate surface area is 115 Å². The van der Waals surface area contributed by atoms with Gasteiger partial charge in [-0.15, -0.1) is 0 Å². The third kappa shape index (κ3) is 3.20. The highest BCUT2D eigenvalue weighted by atomic mass is 79.9. The Morgan fingerprint density at radius 1 is 1.56 bits per heavy atom. The first-order valence-corrected chi connectivity index (χ1v) is 6.90. The summed E-state index contributed by atoms with van der Waals surface area (Å²) in [7, 11) is 0. The van der Waals surface area contributed by atoms with Crippen molar-refractivity contribution in [3.63, 3.8) is 0 Å². The average Bonchev–Trinajstić information content (AvgIpc) is 2.32. The first kappa shape index (κ1) is 13.3. The van der Waals surface area contributed by atoms with Crippen molar-refractivity contribution in [2.45, 2.75) is 25.7 Å². The van der Waals surface area contributed by atoms with Crippen LogP contribution in [0.1, 0.15) is 36.0 Å². The summed E-state index contributed by atoms with van der Waals surface area (Å²) in [5.41, 5.74) is 2.89. The smallest absolute Gasteiger partial charge is 0.255 e. The minimum Gasteiger partial charge on any atom is -0.352 e. The number of nitrogens with one attached hydrogen (secondary N) is 2. The summed E-state index contributed by atoms with van der Waals surface area (Å²) in [5, 5.41) is 2.90. The summed E-state index contributed by atoms with van der Waals surface area (Å²) in [6.07, 6.45) is 6.57. The van der Waals surface area contributed by atoms with Crippen LogP contribution >= 0.6 is 15.9 Å². The Hall–Kier alpha value is -1.14. The van der Waals surface area contributed by atoms with E-state index in [1.165, 1.54) is 19.3 Å². The molecular formula is C12H17BrN4O. The van der Waals surface area contributed by atoms with E-state index in [2.05, 4.69) is 31.7 Å². The second-order valence-corrected chi connectivity index (χ2v) is 5.45. The molecule has 0 unspecified atom stereocenters. The second kappa shape index (κ2) is 6.15. The van der Waals surface area contributed by atoms with Gasteiger partial charge in [0.15, 0.2) is 5.82 Å². The molecule has 1 amide bonds. The number of halogens is 1. The van der Waals surface area contributed by atoms with Gasteiger partial charge >= 0.3 is 0 Å². The van der Waals surface area contributed by atoms with Crippen molar-refractivity contribution in [3.8, 4) is 0 Å². The van der Waals surface area contributed by atoms with Gasteiger partial charge in [0, 0.05) is 17.2 Å². The number of anilines is 1. The molecule has 1 saturated carbocycles. The zero-order valence-corrected chi connectivity index (χ0v) is 11.7. The molecule has 1 aromatic rings. The molecule has 0 spiro atoms. The Morgan fingerprint density at radius 3 is 2.94 bits per heavy atom. The van der Waals surface area contributed by atoms with Crippen LogP contribution in [-0.2, 0) is 0 Å². The second-order valence-electron chi connectivity index (χ2n) is 4.54. The maximum absolute atomic E-state index is 12.0. The largest absolute Gasteiger partial charge is 0.352 e. The summed E-state index contributed by atoms with van der Waals surface area (Å²) in [6, 6.07) is 1.71. The van der Waals surface area contributed by atoms with Gasteiger partial charge in [-0.05, 0) is 34.3 Å². The van der Waals surface area contributed by atoms with Crippen molar-refractivity contribution in [2.24, 2.45) is 11.8 Å². The van der Waals surface area contributed by atoms with E-state index in [-0.39, 0.29) is 5.91 Å². The molecule has 2 rings (SSSR count). The van der Waals surface area contributed by atoms with Crippen LogP contribution in [0.15, 0.2) is 16.7 Å². The van der Waals surface area contributed by atoms with Gasteiger partial charge < -0.3 is 10.7 Å². The first-order valence-electron chi connectivity index (χ1n) is 6.11. The SMILES string of the molecule is NNc1ncc(Br)cc1C(=O)NCCC1CCC1. The summed E-state index contributed by atoms with van der Waals surface area (Å²) in [6.45, 7) is 0.708. The van der Waals surface area contributed by atoms with Gasteiger partial charge in [0.05, 0.1) is 5.56 Å². The number of amides is 1. The number of nitrogen functional groups attached to an aromatic ring is 1. The summed E-state index contributed by atoms with van der Waals surface area (Å²) in [5.74, 6) is 6.37. The third-order valence-electron chi connectivity index (χ3n) is 3.30. The molecular weight excluding hydrogens is 296 g/mol. The van der Waals surface area contributed by atoms with Gasteiger partial charge in [-0.3, -0.25) is 4.79 Å². The van der Waals surface area contributed by atoms with Crippen molar-refractivity contribution in [2.75, 3.05) is 12.0 Å². The van der Waals surface area contributed by atoms with E-state index in [9.17, 15) is 4.79 Å². The number of hydrazine groups is 1. The van der Waals surface area contributed by atoms with Crippen LogP contribution in [0, 0.1) is 5.92 Å². The van der Waals surface area contributed by atoms with Crippen LogP contribution in [0.2, 0.25) is 0 Å². The van der Waals surface area contributed by atoms with Gasteiger partial charge in [-0.2, -0.15) is 0 Å². The monoisotopic (exact) mass is 312 g/mol. The molecule has 0 saturated heterocycles. The quantitative estimate of drug-likeness (QED) is 0.574. The highest BCUT2D eigenvalue weighted by Crippen LogP contribution is 2.28. The maximum atomic E-state index is 12.0. The summed E-state index contributed by atoms with van der Waals surface area (Å²) >= 11 is 3.29. The van der Waals surface area contributed by atoms with E-state index in [0.717, 1.165) is 16.8 Å². The summed E-state index contributed by atoms with van der Waals surface area (Å²) < 4.78 is 0.755. The minimum absolute atomic E-state index is 0.143. The van der Waals surface area contributed by atoms with Crippen molar-refractivity contribution in [1.82, 2.24) is 10.3 Å². The van der Waals surface area contributed by atoms with Crippen molar-refractivity contribution in [3.05, 3.63) is 22.3 Å². The highest BCUT2D eigenvalue weighted by molar-refractivity contribution is 9.10. The number of hydrogen-bond donors (Lipinski definition) is 3. The molecule has 1 fully saturated rings. The molecule has 4 N–H and O–H groups in total. The van der Waals surface area contributed by atoms with Crippen molar-refractivity contribution >= 4 is 27.7 Å². The number of hydrogen-bond acceptors (Lipinski definition) is 4. The van der Waals surface area contributed by atoms with Crippen LogP contribution in [0.25, 0.3) is 0 Å². The Kier molecular flexibility index (Phi) is 4.54. The number of aromatic nitrogens is 1. The van der Waals surface area contributed by atoms with Gasteiger partial charge in [0.2, 0.25) is 0 Å². The number of carbonyl (C=O) groups is 1. The van der Waals surface area contributed by atoms with Crippen LogP contribution in [0.5, 0.6) is 0 Å². The van der Waals surface area contributed by atoms with E-state index >= 15 is 0 Å². The number of pyridine rings is 1. The molecule has 0 bridgehead atoms. The normalized spacial score (nSPS) is 15.0. The average molecular weight is 313 g/mol. The lowest BCUT2D eigenvalue weighted by atomic mass is 9.83. The van der Waals surface area contributed by atoms with Crippen molar-refractivity contribution < 1.29 is 4.79 Å². The van der Waals surface area contributed by atoms with Gasteiger partial charge in [0.1, 0.15) is 0 Å². The van der Waals surface area contributed by atoms with Crippen LogP contribution < -0.4 is 16.6 Å². The Balaban J connectivity index is 1.92. The molecule has 0 aliphatic heterocycles. The van der Waals surface area contributed by atoms with Crippen LogP contribution in [0.4, 0.5) is 5.82 Å². The first-order chi connectivity index (χ1) is 8.70. The van der Waals surface area contributed by atoms with E-state index in [1.807, 2.05) is 0 Å². The number of nitrogens with two attached hydrogens (primary N) is 1. The lowest BCUT2D eigenvalue weighted by Crippen LogP contribution is -2.28. The number of nitrogens with zero attached hydrogens (tertiary/aromatic N) is 1. The molecule has 1 heterocycles. The summed E-state index contributed by atoms with van der Waals surface area (Å²) in [4.78, 5) is 16.0. The molecule has 0 aromatic carbocycles. The fourth-order valence-corrected chi connectivity index (χ4v) is 2.33. The van der Waals surface area contributed by atoms with Crippen LogP contribution in [-0.4, -0.2) is 17.4 Å². The Bertz CT molecular complexity index is 434. The molecule has 0 radical (unpaired) electrons.